The number of benzene rings is 2. The molecular formula is C20H23F2NO4S. The molecule has 1 aliphatic rings. The Morgan fingerprint density at radius 1 is 1.18 bits per heavy atom. The summed E-state index contributed by atoms with van der Waals surface area (Å²) in [5.41, 5.74) is 0.722. The Morgan fingerprint density at radius 3 is 2.57 bits per heavy atom. The summed E-state index contributed by atoms with van der Waals surface area (Å²) in [6, 6.07) is 9.44. The van der Waals surface area contributed by atoms with Crippen LogP contribution in [0.3, 0.4) is 0 Å². The van der Waals surface area contributed by atoms with Crippen LogP contribution >= 0.6 is 0 Å². The summed E-state index contributed by atoms with van der Waals surface area (Å²) in [5.74, 6) is -1.30. The van der Waals surface area contributed by atoms with E-state index in [1.165, 1.54) is 4.31 Å². The van der Waals surface area contributed by atoms with Crippen LogP contribution in [0.2, 0.25) is 0 Å². The minimum atomic E-state index is -4.10. The van der Waals surface area contributed by atoms with Crippen LogP contribution in [0.4, 0.5) is 8.78 Å². The van der Waals surface area contributed by atoms with Crippen LogP contribution in [0, 0.1) is 11.6 Å². The summed E-state index contributed by atoms with van der Waals surface area (Å²) in [7, 11) is -2.51. The molecule has 0 aliphatic heterocycles. The average molecular weight is 411 g/mol. The van der Waals surface area contributed by atoms with Gasteiger partial charge < -0.3 is 9.47 Å². The Hall–Kier alpha value is -2.03. The first-order chi connectivity index (χ1) is 13.3. The van der Waals surface area contributed by atoms with Crippen molar-refractivity contribution in [3.8, 4) is 5.75 Å². The Labute approximate surface area is 163 Å². The molecule has 5 nitrogen and oxygen atoms in total. The van der Waals surface area contributed by atoms with Crippen molar-refractivity contribution >= 4 is 10.0 Å². The number of ether oxygens (including phenoxy) is 2. The first-order valence-electron chi connectivity index (χ1n) is 9.02. The van der Waals surface area contributed by atoms with E-state index in [1.54, 1.807) is 31.4 Å². The van der Waals surface area contributed by atoms with Gasteiger partial charge in [-0.15, -0.1) is 0 Å². The molecule has 0 radical (unpaired) electrons. The number of nitrogens with zero attached hydrogens (tertiary/aromatic N) is 1. The fourth-order valence-electron chi connectivity index (χ4n) is 2.98. The molecule has 152 valence electrons. The Balaban J connectivity index is 1.84. The molecule has 0 bridgehead atoms. The minimum absolute atomic E-state index is 0.0830. The molecule has 2 aromatic carbocycles. The van der Waals surface area contributed by atoms with Gasteiger partial charge in [0.15, 0.2) is 0 Å². The quantitative estimate of drug-likeness (QED) is 0.631. The Kier molecular flexibility index (Phi) is 6.32. The van der Waals surface area contributed by atoms with Gasteiger partial charge in [-0.1, -0.05) is 12.1 Å². The number of halogens is 2. The second-order valence-electron chi connectivity index (χ2n) is 6.89. The molecule has 1 atom stereocenters. The molecule has 1 aliphatic carbocycles. The first kappa shape index (κ1) is 20.7. The minimum Gasteiger partial charge on any atom is -0.488 e. The lowest BCUT2D eigenvalue weighted by atomic mass is 10.2. The molecule has 1 saturated carbocycles. The van der Waals surface area contributed by atoms with E-state index in [4.69, 9.17) is 9.47 Å². The van der Waals surface area contributed by atoms with Crippen molar-refractivity contribution in [1.29, 1.82) is 0 Å². The summed E-state index contributed by atoms with van der Waals surface area (Å²) >= 11 is 0. The van der Waals surface area contributed by atoms with Crippen molar-refractivity contribution in [2.75, 3.05) is 13.7 Å². The second-order valence-corrected chi connectivity index (χ2v) is 8.75. The lowest BCUT2D eigenvalue weighted by Crippen LogP contribution is -2.33. The van der Waals surface area contributed by atoms with Gasteiger partial charge in [0.2, 0.25) is 10.0 Å². The maximum atomic E-state index is 14.1. The normalized spacial score (nSPS) is 15.6. The second kappa shape index (κ2) is 8.55. The van der Waals surface area contributed by atoms with Gasteiger partial charge in [0.1, 0.15) is 28.4 Å². The smallest absolute Gasteiger partial charge is 0.246 e. The molecule has 0 aromatic heterocycles. The summed E-state index contributed by atoms with van der Waals surface area (Å²) in [5, 5.41) is 0. The maximum absolute atomic E-state index is 14.1. The number of hydrogen-bond donors (Lipinski definition) is 0. The van der Waals surface area contributed by atoms with Crippen molar-refractivity contribution in [3.63, 3.8) is 0 Å². The van der Waals surface area contributed by atoms with Gasteiger partial charge in [-0.05, 0) is 49.6 Å². The molecule has 0 spiro atoms. The fourth-order valence-corrected chi connectivity index (χ4v) is 4.70. The summed E-state index contributed by atoms with van der Waals surface area (Å²) in [6.07, 6.45) is 1.27. The van der Waals surface area contributed by atoms with Gasteiger partial charge in [-0.2, -0.15) is 4.31 Å². The summed E-state index contributed by atoms with van der Waals surface area (Å²) in [6.45, 7) is 2.38. The molecular weight excluding hydrogens is 388 g/mol. The highest BCUT2D eigenvalue weighted by Crippen LogP contribution is 2.34. The van der Waals surface area contributed by atoms with E-state index in [1.807, 2.05) is 6.92 Å². The summed E-state index contributed by atoms with van der Waals surface area (Å²) in [4.78, 5) is -0.512. The van der Waals surface area contributed by atoms with Crippen LogP contribution in [0.25, 0.3) is 0 Å². The van der Waals surface area contributed by atoms with Gasteiger partial charge in [-0.3, -0.25) is 0 Å². The van der Waals surface area contributed by atoms with Gasteiger partial charge in [-0.25, -0.2) is 17.2 Å². The Bertz CT molecular complexity index is 932. The van der Waals surface area contributed by atoms with Crippen molar-refractivity contribution in [1.82, 2.24) is 4.31 Å². The molecule has 0 unspecified atom stereocenters. The third kappa shape index (κ3) is 4.87. The van der Waals surface area contributed by atoms with Gasteiger partial charge in [0, 0.05) is 25.8 Å². The first-order valence-corrected chi connectivity index (χ1v) is 10.5. The van der Waals surface area contributed by atoms with E-state index in [0.717, 1.165) is 17.7 Å². The molecule has 3 rings (SSSR count). The van der Waals surface area contributed by atoms with E-state index in [0.29, 0.717) is 31.3 Å². The predicted molar refractivity (Wildman–Crippen MR) is 101 cm³/mol. The van der Waals surface area contributed by atoms with E-state index < -0.39 is 26.6 Å². The van der Waals surface area contributed by atoms with Crippen molar-refractivity contribution < 1.29 is 26.7 Å². The third-order valence-corrected chi connectivity index (χ3v) is 6.34. The van der Waals surface area contributed by atoms with Gasteiger partial charge in [0.25, 0.3) is 0 Å². The van der Waals surface area contributed by atoms with Crippen molar-refractivity contribution in [3.05, 3.63) is 59.7 Å². The molecule has 0 amide bonds. The SMILES string of the molecule is COC[C@@H](C)Oc1cccc(CN(C2CC2)S(=O)(=O)c2ccc(F)cc2F)c1. The van der Waals surface area contributed by atoms with Crippen LogP contribution < -0.4 is 4.74 Å². The van der Waals surface area contributed by atoms with E-state index >= 15 is 0 Å². The van der Waals surface area contributed by atoms with Crippen molar-refractivity contribution in [2.45, 2.75) is 43.4 Å². The van der Waals surface area contributed by atoms with Crippen LogP contribution in [0.15, 0.2) is 47.4 Å². The lowest BCUT2D eigenvalue weighted by Gasteiger charge is -2.23. The Morgan fingerprint density at radius 2 is 1.93 bits per heavy atom. The zero-order valence-corrected chi connectivity index (χ0v) is 16.6. The largest absolute Gasteiger partial charge is 0.488 e. The van der Waals surface area contributed by atoms with E-state index in [2.05, 4.69) is 0 Å². The van der Waals surface area contributed by atoms with Gasteiger partial charge >= 0.3 is 0 Å². The molecule has 8 heteroatoms. The van der Waals surface area contributed by atoms with Gasteiger partial charge in [0.05, 0.1) is 6.61 Å². The number of hydrogen-bond acceptors (Lipinski definition) is 4. The maximum Gasteiger partial charge on any atom is 0.246 e. The highest BCUT2D eigenvalue weighted by atomic mass is 32.2. The fraction of sp³-hybridized carbons (Fsp3) is 0.400. The monoisotopic (exact) mass is 411 g/mol. The number of methoxy groups -OCH3 is 1. The summed E-state index contributed by atoms with van der Waals surface area (Å²) < 4.78 is 65.4. The highest BCUT2D eigenvalue weighted by Gasteiger charge is 2.39. The third-order valence-electron chi connectivity index (χ3n) is 4.41. The predicted octanol–water partition coefficient (Wildman–Crippen LogP) is 3.73. The van der Waals surface area contributed by atoms with E-state index in [9.17, 15) is 17.2 Å². The standard InChI is InChI=1S/C20H23F2NO4S/c1-14(13-26-2)27-18-5-3-4-15(10-18)12-23(17-7-8-17)28(24,25)20-9-6-16(21)11-19(20)22/h3-6,9-11,14,17H,7-8,12-13H2,1-2H3/t14-/m1/s1. The average Bonchev–Trinajstić information content (AvgIpc) is 3.44. The van der Waals surface area contributed by atoms with Crippen molar-refractivity contribution in [2.24, 2.45) is 0 Å². The molecule has 0 N–H and O–H groups in total. The molecule has 2 aromatic rings. The zero-order chi connectivity index (χ0) is 20.3. The van der Waals surface area contributed by atoms with Crippen LogP contribution in [0.1, 0.15) is 25.3 Å². The molecule has 1 fully saturated rings. The topological polar surface area (TPSA) is 55.8 Å². The van der Waals surface area contributed by atoms with E-state index in [-0.39, 0.29) is 18.7 Å². The van der Waals surface area contributed by atoms with Crippen LogP contribution in [-0.4, -0.2) is 38.6 Å². The number of rotatable bonds is 9. The van der Waals surface area contributed by atoms with Crippen LogP contribution in [0.5, 0.6) is 5.75 Å². The van der Waals surface area contributed by atoms with Crippen LogP contribution in [-0.2, 0) is 21.3 Å². The lowest BCUT2D eigenvalue weighted by molar-refractivity contribution is 0.0920. The molecule has 28 heavy (non-hydrogen) atoms. The number of sulfonamides is 1. The molecule has 0 saturated heterocycles. The zero-order valence-electron chi connectivity index (χ0n) is 15.8. The highest BCUT2D eigenvalue weighted by molar-refractivity contribution is 7.89. The molecule has 0 heterocycles.